The topological polar surface area (TPSA) is 58.6 Å². The molecule has 5 nitrogen and oxygen atoms in total. The normalized spacial score (nSPS) is 15.9. The molecule has 4 rings (SSSR count). The summed E-state index contributed by atoms with van der Waals surface area (Å²) in [5.41, 5.74) is 1.79. The molecule has 0 saturated carbocycles. The van der Waals surface area contributed by atoms with Crippen molar-refractivity contribution in [2.24, 2.45) is 0 Å². The van der Waals surface area contributed by atoms with Crippen molar-refractivity contribution in [3.8, 4) is 5.75 Å². The smallest absolute Gasteiger partial charge is 0.264 e. The number of carbonyl (C=O) groups is 2. The zero-order valence-corrected chi connectivity index (χ0v) is 16.7. The Morgan fingerprint density at radius 2 is 1.83 bits per heavy atom. The fourth-order valence-corrected chi connectivity index (χ4v) is 4.10. The van der Waals surface area contributed by atoms with Crippen LogP contribution >= 0.6 is 11.3 Å². The summed E-state index contributed by atoms with van der Waals surface area (Å²) in [5, 5.41) is 4.80. The second-order valence-corrected chi connectivity index (χ2v) is 7.87. The summed E-state index contributed by atoms with van der Waals surface area (Å²) in [6.07, 6.45) is 1.52. The summed E-state index contributed by atoms with van der Waals surface area (Å²) in [6.45, 7) is 1.11. The van der Waals surface area contributed by atoms with Crippen LogP contribution in [0.5, 0.6) is 5.75 Å². The van der Waals surface area contributed by atoms with Gasteiger partial charge in [0.05, 0.1) is 4.88 Å². The van der Waals surface area contributed by atoms with Crippen molar-refractivity contribution in [2.75, 3.05) is 11.9 Å². The van der Waals surface area contributed by atoms with Crippen molar-refractivity contribution in [3.05, 3.63) is 82.6 Å². The van der Waals surface area contributed by atoms with Crippen LogP contribution in [0.25, 0.3) is 0 Å². The molecule has 1 aliphatic rings. The molecule has 2 amide bonds. The molecule has 0 bridgehead atoms. The van der Waals surface area contributed by atoms with Gasteiger partial charge in [0, 0.05) is 12.2 Å². The first-order chi connectivity index (χ1) is 14.2. The lowest BCUT2D eigenvalue weighted by molar-refractivity contribution is -0.119. The van der Waals surface area contributed by atoms with Gasteiger partial charge in [-0.15, -0.1) is 11.3 Å². The van der Waals surface area contributed by atoms with Gasteiger partial charge in [-0.05, 0) is 54.1 Å². The Kier molecular flexibility index (Phi) is 5.91. The van der Waals surface area contributed by atoms with Gasteiger partial charge in [0.1, 0.15) is 18.4 Å². The second kappa shape index (κ2) is 8.92. The first-order valence-electron chi connectivity index (χ1n) is 9.63. The van der Waals surface area contributed by atoms with E-state index in [1.807, 2.05) is 66.0 Å². The van der Waals surface area contributed by atoms with E-state index in [0.29, 0.717) is 30.1 Å². The SMILES string of the molecule is O=C(Nc1ccc(OCc2ccccc2)cc1)[C@H]1CCCN1C(=O)c1cccs1. The summed E-state index contributed by atoms with van der Waals surface area (Å²) in [7, 11) is 0. The van der Waals surface area contributed by atoms with Gasteiger partial charge in [0.2, 0.25) is 5.91 Å². The largest absolute Gasteiger partial charge is 0.489 e. The van der Waals surface area contributed by atoms with Crippen molar-refractivity contribution in [2.45, 2.75) is 25.5 Å². The monoisotopic (exact) mass is 406 g/mol. The predicted molar refractivity (Wildman–Crippen MR) is 114 cm³/mol. The van der Waals surface area contributed by atoms with Gasteiger partial charge in [0.25, 0.3) is 5.91 Å². The number of amides is 2. The highest BCUT2D eigenvalue weighted by atomic mass is 32.1. The molecule has 1 atom stereocenters. The van der Waals surface area contributed by atoms with Crippen LogP contribution in [-0.4, -0.2) is 29.3 Å². The Morgan fingerprint density at radius 3 is 2.55 bits per heavy atom. The third-order valence-electron chi connectivity index (χ3n) is 4.92. The zero-order chi connectivity index (χ0) is 20.1. The molecule has 2 heterocycles. The van der Waals surface area contributed by atoms with E-state index in [9.17, 15) is 9.59 Å². The molecule has 1 fully saturated rings. The number of carbonyl (C=O) groups excluding carboxylic acids is 2. The van der Waals surface area contributed by atoms with Crippen molar-refractivity contribution < 1.29 is 14.3 Å². The average molecular weight is 407 g/mol. The third kappa shape index (κ3) is 4.66. The molecule has 1 aliphatic heterocycles. The molecule has 2 aromatic carbocycles. The molecule has 0 spiro atoms. The van der Waals surface area contributed by atoms with Crippen LogP contribution in [0.1, 0.15) is 28.1 Å². The standard InChI is InChI=1S/C23H22N2O3S/c26-22(20-8-4-14-25(20)23(27)21-9-5-15-29-21)24-18-10-12-19(13-11-18)28-16-17-6-2-1-3-7-17/h1-3,5-7,9-13,15,20H,4,8,14,16H2,(H,24,26)/t20-/m1/s1. The third-order valence-corrected chi connectivity index (χ3v) is 5.78. The number of anilines is 1. The minimum Gasteiger partial charge on any atom is -0.489 e. The number of rotatable bonds is 6. The number of thiophene rings is 1. The van der Waals surface area contributed by atoms with E-state index in [2.05, 4.69) is 5.32 Å². The van der Waals surface area contributed by atoms with Crippen LogP contribution in [0.4, 0.5) is 5.69 Å². The maximum absolute atomic E-state index is 12.8. The van der Waals surface area contributed by atoms with Gasteiger partial charge in [0.15, 0.2) is 0 Å². The number of benzene rings is 2. The molecule has 3 aromatic rings. The molecule has 1 saturated heterocycles. The van der Waals surface area contributed by atoms with E-state index in [1.165, 1.54) is 11.3 Å². The zero-order valence-electron chi connectivity index (χ0n) is 15.9. The predicted octanol–water partition coefficient (Wildman–Crippen LogP) is 4.57. The van der Waals surface area contributed by atoms with Crippen LogP contribution in [0.2, 0.25) is 0 Å². The fourth-order valence-electron chi connectivity index (χ4n) is 3.43. The van der Waals surface area contributed by atoms with E-state index >= 15 is 0 Å². The highest BCUT2D eigenvalue weighted by Gasteiger charge is 2.34. The van der Waals surface area contributed by atoms with E-state index < -0.39 is 6.04 Å². The Morgan fingerprint density at radius 1 is 1.03 bits per heavy atom. The van der Waals surface area contributed by atoms with Crippen molar-refractivity contribution >= 4 is 28.8 Å². The molecule has 0 aliphatic carbocycles. The molecule has 1 N–H and O–H groups in total. The molecule has 1 aromatic heterocycles. The van der Waals surface area contributed by atoms with Crippen LogP contribution in [0.3, 0.4) is 0 Å². The summed E-state index contributed by atoms with van der Waals surface area (Å²) in [6, 6.07) is 20.5. The Labute approximate surface area is 173 Å². The van der Waals surface area contributed by atoms with Crippen molar-refractivity contribution in [1.29, 1.82) is 0 Å². The quantitative estimate of drug-likeness (QED) is 0.652. The average Bonchev–Trinajstić information content (AvgIpc) is 3.46. The minimum atomic E-state index is -0.432. The fraction of sp³-hybridized carbons (Fsp3) is 0.217. The number of hydrogen-bond donors (Lipinski definition) is 1. The Bertz CT molecular complexity index is 956. The van der Waals surface area contributed by atoms with Gasteiger partial charge in [-0.25, -0.2) is 0 Å². The molecule has 0 unspecified atom stereocenters. The van der Waals surface area contributed by atoms with Crippen molar-refractivity contribution in [1.82, 2.24) is 4.90 Å². The minimum absolute atomic E-state index is 0.0673. The molecular weight excluding hydrogens is 384 g/mol. The van der Waals surface area contributed by atoms with Gasteiger partial charge >= 0.3 is 0 Å². The lowest BCUT2D eigenvalue weighted by Gasteiger charge is -2.23. The maximum atomic E-state index is 12.8. The summed E-state index contributed by atoms with van der Waals surface area (Å²) in [4.78, 5) is 27.8. The highest BCUT2D eigenvalue weighted by molar-refractivity contribution is 7.12. The highest BCUT2D eigenvalue weighted by Crippen LogP contribution is 2.24. The molecule has 0 radical (unpaired) electrons. The van der Waals surface area contributed by atoms with Gasteiger partial charge < -0.3 is 15.0 Å². The lowest BCUT2D eigenvalue weighted by Crippen LogP contribution is -2.42. The van der Waals surface area contributed by atoms with Crippen LogP contribution in [0, 0.1) is 0 Å². The number of nitrogens with one attached hydrogen (secondary N) is 1. The maximum Gasteiger partial charge on any atom is 0.264 e. The molecule has 6 heteroatoms. The van der Waals surface area contributed by atoms with Gasteiger partial charge in [-0.3, -0.25) is 9.59 Å². The molecule has 148 valence electrons. The first-order valence-corrected chi connectivity index (χ1v) is 10.5. The summed E-state index contributed by atoms with van der Waals surface area (Å²) < 4.78 is 5.78. The molecule has 29 heavy (non-hydrogen) atoms. The number of ether oxygens (including phenoxy) is 1. The summed E-state index contributed by atoms with van der Waals surface area (Å²) in [5.74, 6) is 0.523. The second-order valence-electron chi connectivity index (χ2n) is 6.92. The van der Waals surface area contributed by atoms with E-state index in [4.69, 9.17) is 4.74 Å². The van der Waals surface area contributed by atoms with Gasteiger partial charge in [-0.2, -0.15) is 0 Å². The van der Waals surface area contributed by atoms with E-state index in [-0.39, 0.29) is 11.8 Å². The number of nitrogens with zero attached hydrogens (tertiary/aromatic N) is 1. The number of likely N-dealkylation sites (tertiary alicyclic amines) is 1. The molecular formula is C23H22N2O3S. The Hall–Kier alpha value is -3.12. The lowest BCUT2D eigenvalue weighted by atomic mass is 10.2. The Balaban J connectivity index is 1.34. The van der Waals surface area contributed by atoms with Crippen molar-refractivity contribution in [3.63, 3.8) is 0 Å². The van der Waals surface area contributed by atoms with Crippen LogP contribution in [0.15, 0.2) is 72.1 Å². The first kappa shape index (κ1) is 19.2. The van der Waals surface area contributed by atoms with Crippen LogP contribution < -0.4 is 10.1 Å². The van der Waals surface area contributed by atoms with Crippen LogP contribution in [-0.2, 0) is 11.4 Å². The van der Waals surface area contributed by atoms with Gasteiger partial charge in [-0.1, -0.05) is 36.4 Å². The number of hydrogen-bond acceptors (Lipinski definition) is 4. The van der Waals surface area contributed by atoms with E-state index in [0.717, 1.165) is 17.7 Å². The van der Waals surface area contributed by atoms with E-state index in [1.54, 1.807) is 11.0 Å². The summed E-state index contributed by atoms with van der Waals surface area (Å²) >= 11 is 1.40.